The fourth-order valence-corrected chi connectivity index (χ4v) is 3.90. The molecule has 27 heavy (non-hydrogen) atoms. The molecule has 0 N–H and O–H groups in total. The van der Waals surface area contributed by atoms with E-state index in [1.807, 2.05) is 23.1 Å². The summed E-state index contributed by atoms with van der Waals surface area (Å²) < 4.78 is 13.9. The van der Waals surface area contributed by atoms with Gasteiger partial charge in [-0.15, -0.1) is 0 Å². The molecule has 1 aliphatic carbocycles. The van der Waals surface area contributed by atoms with Crippen molar-refractivity contribution in [1.29, 1.82) is 0 Å². The van der Waals surface area contributed by atoms with Crippen LogP contribution in [0.5, 0.6) is 0 Å². The number of hydrogen-bond acceptors (Lipinski definition) is 2. The van der Waals surface area contributed by atoms with Crippen LogP contribution in [0, 0.1) is 11.7 Å². The molecule has 1 saturated carbocycles. The van der Waals surface area contributed by atoms with Gasteiger partial charge in [0.15, 0.2) is 0 Å². The van der Waals surface area contributed by atoms with Crippen molar-refractivity contribution in [3.63, 3.8) is 0 Å². The molecule has 4 rings (SSSR count). The van der Waals surface area contributed by atoms with E-state index in [9.17, 15) is 14.0 Å². The Morgan fingerprint density at radius 3 is 2.33 bits per heavy atom. The third kappa shape index (κ3) is 3.69. The van der Waals surface area contributed by atoms with Gasteiger partial charge in [-0.2, -0.15) is 0 Å². The van der Waals surface area contributed by atoms with Gasteiger partial charge in [0.2, 0.25) is 5.91 Å². The molecule has 0 bridgehead atoms. The van der Waals surface area contributed by atoms with Gasteiger partial charge in [-0.1, -0.05) is 41.9 Å². The van der Waals surface area contributed by atoms with Crippen LogP contribution < -0.4 is 0 Å². The summed E-state index contributed by atoms with van der Waals surface area (Å²) in [5.41, 5.74) is 1.19. The Morgan fingerprint density at radius 1 is 0.963 bits per heavy atom. The molecule has 2 amide bonds. The van der Waals surface area contributed by atoms with Gasteiger partial charge in [0.1, 0.15) is 5.82 Å². The predicted octanol–water partition coefficient (Wildman–Crippen LogP) is 3.57. The third-order valence-electron chi connectivity index (χ3n) is 5.37. The van der Waals surface area contributed by atoms with Gasteiger partial charge in [0, 0.05) is 37.1 Å². The molecule has 0 unspecified atom stereocenters. The maximum Gasteiger partial charge on any atom is 0.257 e. The lowest BCUT2D eigenvalue weighted by molar-refractivity contribution is -0.134. The fraction of sp³-hybridized carbons (Fsp3) is 0.333. The molecule has 1 saturated heterocycles. The summed E-state index contributed by atoms with van der Waals surface area (Å²) >= 11 is 5.88. The third-order valence-corrected chi connectivity index (χ3v) is 5.61. The number of amides is 2. The van der Waals surface area contributed by atoms with Crippen molar-refractivity contribution >= 4 is 23.4 Å². The SMILES string of the molecule is O=C(c1cc(Cl)ccc1F)N1CCN(C(=O)[C@@H]2C[C@@H]2c2ccccc2)CC1. The van der Waals surface area contributed by atoms with Gasteiger partial charge in [0.25, 0.3) is 5.91 Å². The van der Waals surface area contributed by atoms with Crippen molar-refractivity contribution in [3.05, 3.63) is 70.5 Å². The van der Waals surface area contributed by atoms with Gasteiger partial charge < -0.3 is 9.80 Å². The molecule has 1 aliphatic heterocycles. The fourth-order valence-electron chi connectivity index (χ4n) is 3.73. The molecule has 4 nitrogen and oxygen atoms in total. The minimum Gasteiger partial charge on any atom is -0.339 e. The molecular formula is C21H20ClFN2O2. The van der Waals surface area contributed by atoms with E-state index in [0.29, 0.717) is 37.1 Å². The normalized spacial score (nSPS) is 21.9. The molecular weight excluding hydrogens is 367 g/mol. The molecule has 0 spiro atoms. The highest BCUT2D eigenvalue weighted by Crippen LogP contribution is 2.48. The quantitative estimate of drug-likeness (QED) is 0.809. The van der Waals surface area contributed by atoms with E-state index in [0.717, 1.165) is 6.42 Å². The Kier molecular flexibility index (Phi) is 4.87. The van der Waals surface area contributed by atoms with E-state index in [4.69, 9.17) is 11.6 Å². The zero-order valence-corrected chi connectivity index (χ0v) is 15.5. The van der Waals surface area contributed by atoms with Crippen molar-refractivity contribution in [1.82, 2.24) is 9.80 Å². The van der Waals surface area contributed by atoms with E-state index in [1.165, 1.54) is 23.8 Å². The van der Waals surface area contributed by atoms with Crippen LogP contribution in [-0.2, 0) is 4.79 Å². The first-order valence-electron chi connectivity index (χ1n) is 9.12. The molecule has 2 fully saturated rings. The minimum atomic E-state index is -0.577. The van der Waals surface area contributed by atoms with Gasteiger partial charge in [-0.05, 0) is 36.1 Å². The molecule has 0 radical (unpaired) electrons. The molecule has 2 aromatic rings. The second-order valence-corrected chi connectivity index (χ2v) is 7.54. The Hall–Kier alpha value is -2.40. The number of carbonyl (C=O) groups is 2. The van der Waals surface area contributed by atoms with Crippen molar-refractivity contribution < 1.29 is 14.0 Å². The molecule has 6 heteroatoms. The van der Waals surface area contributed by atoms with Crippen LogP contribution in [0.2, 0.25) is 5.02 Å². The molecule has 2 aliphatic rings. The number of carbonyl (C=O) groups excluding carboxylic acids is 2. The van der Waals surface area contributed by atoms with Crippen LogP contribution in [0.3, 0.4) is 0 Å². The molecule has 2 aromatic carbocycles. The van der Waals surface area contributed by atoms with E-state index in [-0.39, 0.29) is 23.3 Å². The number of nitrogens with zero attached hydrogens (tertiary/aromatic N) is 2. The minimum absolute atomic E-state index is 0.0198. The van der Waals surface area contributed by atoms with Crippen LogP contribution in [0.25, 0.3) is 0 Å². The van der Waals surface area contributed by atoms with E-state index in [1.54, 1.807) is 4.90 Å². The summed E-state index contributed by atoms with van der Waals surface area (Å²) in [5.74, 6) is -0.453. The number of piperazine rings is 1. The predicted molar refractivity (Wildman–Crippen MR) is 101 cm³/mol. The van der Waals surface area contributed by atoms with Crippen molar-refractivity contribution in [3.8, 4) is 0 Å². The summed E-state index contributed by atoms with van der Waals surface area (Å²) in [6.45, 7) is 1.76. The smallest absolute Gasteiger partial charge is 0.257 e. The van der Waals surface area contributed by atoms with Crippen LogP contribution in [0.15, 0.2) is 48.5 Å². The molecule has 140 valence electrons. The second kappa shape index (κ2) is 7.31. The first kappa shape index (κ1) is 18.0. The van der Waals surface area contributed by atoms with Crippen molar-refractivity contribution in [2.45, 2.75) is 12.3 Å². The highest BCUT2D eigenvalue weighted by Gasteiger charge is 2.46. The molecule has 0 aromatic heterocycles. The highest BCUT2D eigenvalue weighted by molar-refractivity contribution is 6.31. The Bertz CT molecular complexity index is 866. The first-order chi connectivity index (χ1) is 13.0. The summed E-state index contributed by atoms with van der Waals surface area (Å²) in [6.07, 6.45) is 0.885. The van der Waals surface area contributed by atoms with E-state index >= 15 is 0 Å². The monoisotopic (exact) mass is 386 g/mol. The topological polar surface area (TPSA) is 40.6 Å². The maximum atomic E-state index is 13.9. The van der Waals surface area contributed by atoms with E-state index in [2.05, 4.69) is 12.1 Å². The lowest BCUT2D eigenvalue weighted by Crippen LogP contribution is -2.51. The average molecular weight is 387 g/mol. The average Bonchev–Trinajstić information content (AvgIpc) is 3.50. The molecule has 2 atom stereocenters. The number of rotatable bonds is 3. The largest absolute Gasteiger partial charge is 0.339 e. The van der Waals surface area contributed by atoms with Gasteiger partial charge in [-0.3, -0.25) is 9.59 Å². The first-order valence-corrected chi connectivity index (χ1v) is 9.50. The van der Waals surface area contributed by atoms with Gasteiger partial charge in [0.05, 0.1) is 5.56 Å². The van der Waals surface area contributed by atoms with Crippen molar-refractivity contribution in [2.24, 2.45) is 5.92 Å². The van der Waals surface area contributed by atoms with Crippen molar-refractivity contribution in [2.75, 3.05) is 26.2 Å². The Balaban J connectivity index is 1.35. The summed E-state index contributed by atoms with van der Waals surface area (Å²) in [6, 6.07) is 14.1. The number of benzene rings is 2. The van der Waals surface area contributed by atoms with Gasteiger partial charge >= 0.3 is 0 Å². The van der Waals surface area contributed by atoms with Crippen LogP contribution in [-0.4, -0.2) is 47.8 Å². The van der Waals surface area contributed by atoms with E-state index < -0.39 is 5.82 Å². The zero-order chi connectivity index (χ0) is 19.0. The zero-order valence-electron chi connectivity index (χ0n) is 14.8. The summed E-state index contributed by atoms with van der Waals surface area (Å²) in [5, 5.41) is 0.328. The summed E-state index contributed by atoms with van der Waals surface area (Å²) in [4.78, 5) is 28.7. The number of halogens is 2. The lowest BCUT2D eigenvalue weighted by Gasteiger charge is -2.35. The van der Waals surface area contributed by atoms with Crippen LogP contribution >= 0.6 is 11.6 Å². The van der Waals surface area contributed by atoms with Crippen LogP contribution in [0.1, 0.15) is 28.3 Å². The second-order valence-electron chi connectivity index (χ2n) is 7.10. The highest BCUT2D eigenvalue weighted by atomic mass is 35.5. The maximum absolute atomic E-state index is 13.9. The van der Waals surface area contributed by atoms with Crippen LogP contribution in [0.4, 0.5) is 4.39 Å². The molecule has 1 heterocycles. The number of hydrogen-bond donors (Lipinski definition) is 0. The lowest BCUT2D eigenvalue weighted by atomic mass is 10.1. The Labute approximate surface area is 162 Å². The van der Waals surface area contributed by atoms with Gasteiger partial charge in [-0.25, -0.2) is 4.39 Å². The summed E-state index contributed by atoms with van der Waals surface area (Å²) in [7, 11) is 0. The standard InChI is InChI=1S/C21H20ClFN2O2/c22-15-6-7-19(23)18(12-15)21(27)25-10-8-24(9-11-25)20(26)17-13-16(17)14-4-2-1-3-5-14/h1-7,12,16-17H,8-11,13H2/t16-,17-/m1/s1. The Morgan fingerprint density at radius 2 is 1.63 bits per heavy atom.